The number of hydrogen-bond donors (Lipinski definition) is 1. The van der Waals surface area contributed by atoms with Gasteiger partial charge in [0.15, 0.2) is 5.82 Å². The predicted octanol–water partition coefficient (Wildman–Crippen LogP) is 0.617. The number of aryl methyl sites for hydroxylation is 1. The van der Waals surface area contributed by atoms with E-state index in [0.717, 1.165) is 30.0 Å². The van der Waals surface area contributed by atoms with Gasteiger partial charge in [0.1, 0.15) is 5.00 Å². The first-order chi connectivity index (χ1) is 12.0. The molecule has 1 amide bonds. The monoisotopic (exact) mass is 364 g/mol. The van der Waals surface area contributed by atoms with Crippen LogP contribution in [0, 0.1) is 0 Å². The summed E-state index contributed by atoms with van der Waals surface area (Å²) in [5.41, 5.74) is 1.47. The van der Waals surface area contributed by atoms with Crippen molar-refractivity contribution in [3.63, 3.8) is 0 Å². The summed E-state index contributed by atoms with van der Waals surface area (Å²) in [5, 5.41) is 14.4. The zero-order chi connectivity index (χ0) is 18.0. The molecule has 1 aliphatic rings. The Hall–Kier alpha value is -2.33. The molecule has 0 aliphatic carbocycles. The summed E-state index contributed by atoms with van der Waals surface area (Å²) in [5.74, 6) is -0.202. The number of tetrazole rings is 1. The molecule has 9 nitrogen and oxygen atoms in total. The highest BCUT2D eigenvalue weighted by Gasteiger charge is 2.28. The molecule has 1 N–H and O–H groups in total. The largest absolute Gasteiger partial charge is 0.462 e. The standard InChI is InChI=1S/C15H20N6O3S/c1-4-24-15(23)13-9-5-6-20(2)8-10(9)25-14(13)16-12(22)7-11-17-18-19-21(11)3/h4-8H2,1-3H3,(H,16,22). The molecule has 0 spiro atoms. The van der Waals surface area contributed by atoms with Gasteiger partial charge in [-0.25, -0.2) is 9.48 Å². The first-order valence-electron chi connectivity index (χ1n) is 8.00. The molecule has 2 aromatic rings. The average Bonchev–Trinajstić information content (AvgIpc) is 3.10. The first-order valence-corrected chi connectivity index (χ1v) is 8.82. The summed E-state index contributed by atoms with van der Waals surface area (Å²) >= 11 is 1.43. The van der Waals surface area contributed by atoms with Gasteiger partial charge in [-0.3, -0.25) is 4.79 Å². The van der Waals surface area contributed by atoms with E-state index in [9.17, 15) is 9.59 Å². The number of amides is 1. The summed E-state index contributed by atoms with van der Waals surface area (Å²) in [6.07, 6.45) is 0.799. The Morgan fingerprint density at radius 3 is 2.84 bits per heavy atom. The highest BCUT2D eigenvalue weighted by Crippen LogP contribution is 2.37. The number of carbonyl (C=O) groups excluding carboxylic acids is 2. The van der Waals surface area contributed by atoms with E-state index in [-0.39, 0.29) is 18.3 Å². The van der Waals surface area contributed by atoms with Crippen molar-refractivity contribution in [3.8, 4) is 0 Å². The number of likely N-dealkylation sites (N-methyl/N-ethyl adjacent to an activating group) is 1. The third-order valence-electron chi connectivity index (χ3n) is 4.01. The number of thiophene rings is 1. The second-order valence-corrected chi connectivity index (χ2v) is 6.97. The number of nitrogens with one attached hydrogen (secondary N) is 1. The summed E-state index contributed by atoms with van der Waals surface area (Å²) in [4.78, 5) is 28.1. The third-order valence-corrected chi connectivity index (χ3v) is 5.14. The molecule has 0 saturated heterocycles. The molecule has 1 aliphatic heterocycles. The van der Waals surface area contributed by atoms with Crippen molar-refractivity contribution < 1.29 is 14.3 Å². The van der Waals surface area contributed by atoms with Crippen LogP contribution < -0.4 is 5.32 Å². The van der Waals surface area contributed by atoms with E-state index in [2.05, 4.69) is 25.7 Å². The molecule has 0 bridgehead atoms. The Balaban J connectivity index is 1.85. The lowest BCUT2D eigenvalue weighted by Gasteiger charge is -2.22. The minimum Gasteiger partial charge on any atom is -0.462 e. The van der Waals surface area contributed by atoms with E-state index in [1.807, 2.05) is 7.05 Å². The van der Waals surface area contributed by atoms with Gasteiger partial charge in [-0.1, -0.05) is 0 Å². The molecule has 10 heteroatoms. The SMILES string of the molecule is CCOC(=O)c1c(NC(=O)Cc2nnnn2C)sc2c1CCN(C)C2. The highest BCUT2D eigenvalue weighted by atomic mass is 32.1. The minimum absolute atomic E-state index is 0.0359. The normalized spacial score (nSPS) is 14.2. The summed E-state index contributed by atoms with van der Waals surface area (Å²) in [6, 6.07) is 0. The number of ether oxygens (including phenoxy) is 1. The highest BCUT2D eigenvalue weighted by molar-refractivity contribution is 7.17. The molecule has 0 atom stereocenters. The summed E-state index contributed by atoms with van der Waals surface area (Å²) in [6.45, 7) is 3.69. The van der Waals surface area contributed by atoms with Crippen LogP contribution in [-0.4, -0.2) is 57.2 Å². The van der Waals surface area contributed by atoms with Crippen LogP contribution in [0.25, 0.3) is 0 Å². The molecule has 3 rings (SSSR count). The third kappa shape index (κ3) is 3.69. The molecule has 0 aromatic carbocycles. The molecule has 134 valence electrons. The number of carbonyl (C=O) groups is 2. The molecule has 0 saturated carbocycles. The molecule has 0 radical (unpaired) electrons. The van der Waals surface area contributed by atoms with Gasteiger partial charge < -0.3 is 15.0 Å². The van der Waals surface area contributed by atoms with Crippen LogP contribution in [0.15, 0.2) is 0 Å². The minimum atomic E-state index is -0.389. The van der Waals surface area contributed by atoms with E-state index in [4.69, 9.17) is 4.74 Å². The summed E-state index contributed by atoms with van der Waals surface area (Å²) in [7, 11) is 3.71. The number of anilines is 1. The number of hydrogen-bond acceptors (Lipinski definition) is 8. The van der Waals surface area contributed by atoms with Crippen molar-refractivity contribution in [1.82, 2.24) is 25.1 Å². The first kappa shape index (κ1) is 17.5. The van der Waals surface area contributed by atoms with Crippen molar-refractivity contribution in [2.75, 3.05) is 25.5 Å². The van der Waals surface area contributed by atoms with Crippen molar-refractivity contribution in [1.29, 1.82) is 0 Å². The lowest BCUT2D eigenvalue weighted by atomic mass is 10.0. The summed E-state index contributed by atoms with van der Waals surface area (Å²) < 4.78 is 6.64. The van der Waals surface area contributed by atoms with Crippen molar-refractivity contribution in [2.45, 2.75) is 26.3 Å². The van der Waals surface area contributed by atoms with Gasteiger partial charge in [0.25, 0.3) is 0 Å². The van der Waals surface area contributed by atoms with Gasteiger partial charge in [0.05, 0.1) is 18.6 Å². The Bertz CT molecular complexity index is 799. The van der Waals surface area contributed by atoms with Crippen molar-refractivity contribution >= 4 is 28.2 Å². The van der Waals surface area contributed by atoms with Crippen LogP contribution in [0.2, 0.25) is 0 Å². The van der Waals surface area contributed by atoms with E-state index in [0.29, 0.717) is 23.0 Å². The average molecular weight is 364 g/mol. The molecule has 2 aromatic heterocycles. The second-order valence-electron chi connectivity index (χ2n) is 5.86. The van der Waals surface area contributed by atoms with Crippen LogP contribution in [0.3, 0.4) is 0 Å². The number of fused-ring (bicyclic) bond motifs is 1. The Morgan fingerprint density at radius 2 is 2.16 bits per heavy atom. The fourth-order valence-electron chi connectivity index (χ4n) is 2.75. The van der Waals surface area contributed by atoms with Crippen LogP contribution in [0.5, 0.6) is 0 Å². The number of rotatable bonds is 5. The topological polar surface area (TPSA) is 102 Å². The van der Waals surface area contributed by atoms with E-state index in [1.54, 1.807) is 14.0 Å². The van der Waals surface area contributed by atoms with Crippen LogP contribution in [0.4, 0.5) is 5.00 Å². The molecular formula is C15H20N6O3S. The van der Waals surface area contributed by atoms with Crippen molar-refractivity contribution in [3.05, 3.63) is 21.8 Å². The number of esters is 1. The van der Waals surface area contributed by atoms with E-state index in [1.165, 1.54) is 16.0 Å². The van der Waals surface area contributed by atoms with Gasteiger partial charge in [-0.15, -0.1) is 16.4 Å². The molecule has 3 heterocycles. The Labute approximate surface area is 149 Å². The van der Waals surface area contributed by atoms with Gasteiger partial charge in [0, 0.05) is 25.0 Å². The van der Waals surface area contributed by atoms with Crippen LogP contribution in [0.1, 0.15) is 33.5 Å². The van der Waals surface area contributed by atoms with Crippen LogP contribution >= 0.6 is 11.3 Å². The molecule has 0 fully saturated rings. The van der Waals surface area contributed by atoms with Gasteiger partial charge in [-0.2, -0.15) is 0 Å². The predicted molar refractivity (Wildman–Crippen MR) is 91.4 cm³/mol. The maximum Gasteiger partial charge on any atom is 0.341 e. The van der Waals surface area contributed by atoms with E-state index < -0.39 is 0 Å². The maximum absolute atomic E-state index is 12.4. The number of nitrogens with zero attached hydrogens (tertiary/aromatic N) is 5. The lowest BCUT2D eigenvalue weighted by Crippen LogP contribution is -2.26. The zero-order valence-corrected chi connectivity index (χ0v) is 15.2. The zero-order valence-electron chi connectivity index (χ0n) is 14.4. The fraction of sp³-hybridized carbons (Fsp3) is 0.533. The fourth-order valence-corrected chi connectivity index (χ4v) is 4.08. The van der Waals surface area contributed by atoms with Crippen LogP contribution in [-0.2, 0) is 36.0 Å². The smallest absolute Gasteiger partial charge is 0.341 e. The molecule has 25 heavy (non-hydrogen) atoms. The van der Waals surface area contributed by atoms with Crippen molar-refractivity contribution in [2.24, 2.45) is 7.05 Å². The lowest BCUT2D eigenvalue weighted by molar-refractivity contribution is -0.115. The maximum atomic E-state index is 12.4. The van der Waals surface area contributed by atoms with Gasteiger partial charge >= 0.3 is 5.97 Å². The van der Waals surface area contributed by atoms with E-state index >= 15 is 0 Å². The molecule has 0 unspecified atom stereocenters. The van der Waals surface area contributed by atoms with Gasteiger partial charge in [-0.05, 0) is 36.4 Å². The Morgan fingerprint density at radius 1 is 1.36 bits per heavy atom. The number of aromatic nitrogens is 4. The van der Waals surface area contributed by atoms with Gasteiger partial charge in [0.2, 0.25) is 5.91 Å². The second kappa shape index (κ2) is 7.28. The molecular weight excluding hydrogens is 344 g/mol. The quantitative estimate of drug-likeness (QED) is 0.776. The Kier molecular flexibility index (Phi) is 5.09.